The van der Waals surface area contributed by atoms with Gasteiger partial charge < -0.3 is 15.5 Å². The third-order valence-electron chi connectivity index (χ3n) is 4.06. The lowest BCUT2D eigenvalue weighted by atomic mass is 10.0. The smallest absolute Gasteiger partial charge is 0.275 e. The summed E-state index contributed by atoms with van der Waals surface area (Å²) >= 11 is 0. The lowest BCUT2D eigenvalue weighted by Crippen LogP contribution is -3.14. The highest BCUT2D eigenvalue weighted by molar-refractivity contribution is 5.79. The summed E-state index contributed by atoms with van der Waals surface area (Å²) in [5.74, 6) is -0.0458. The van der Waals surface area contributed by atoms with Gasteiger partial charge in [-0.25, -0.2) is 0 Å². The molecule has 2 amide bonds. The van der Waals surface area contributed by atoms with Crippen LogP contribution in [0.25, 0.3) is 0 Å². The Morgan fingerprint density at radius 1 is 1.04 bits per heavy atom. The van der Waals surface area contributed by atoms with Crippen LogP contribution >= 0.6 is 0 Å². The van der Waals surface area contributed by atoms with Crippen molar-refractivity contribution in [3.05, 3.63) is 35.4 Å². The highest BCUT2D eigenvalue weighted by Gasteiger charge is 2.21. The Kier molecular flexibility index (Phi) is 8.10. The van der Waals surface area contributed by atoms with Gasteiger partial charge >= 0.3 is 0 Å². The van der Waals surface area contributed by atoms with Crippen LogP contribution in [0.15, 0.2) is 24.3 Å². The number of carbonyl (C=O) groups excluding carboxylic acids is 2. The number of hydrogen-bond donors (Lipinski definition) is 3. The van der Waals surface area contributed by atoms with Gasteiger partial charge in [-0.3, -0.25) is 9.59 Å². The zero-order valence-corrected chi connectivity index (χ0v) is 16.5. The zero-order valence-electron chi connectivity index (χ0n) is 16.5. The Balaban J connectivity index is 2.59. The average molecular weight is 349 g/mol. The largest absolute Gasteiger partial charge is 0.347 e. The van der Waals surface area contributed by atoms with Crippen LogP contribution in [0.4, 0.5) is 0 Å². The van der Waals surface area contributed by atoms with Gasteiger partial charge in [-0.1, -0.05) is 36.8 Å². The minimum absolute atomic E-state index is 0.00890. The van der Waals surface area contributed by atoms with E-state index in [2.05, 4.69) is 48.7 Å². The molecule has 5 heteroatoms. The molecular weight excluding hydrogens is 314 g/mol. The maximum absolute atomic E-state index is 12.4. The fraction of sp³-hybridized carbons (Fsp3) is 0.600. The summed E-state index contributed by atoms with van der Waals surface area (Å²) in [6.45, 7) is 13.3. The van der Waals surface area contributed by atoms with Crippen LogP contribution in [0.1, 0.15) is 58.2 Å². The Morgan fingerprint density at radius 3 is 2.08 bits per heavy atom. The molecule has 0 radical (unpaired) electrons. The van der Waals surface area contributed by atoms with E-state index in [-0.39, 0.29) is 23.4 Å². The summed E-state index contributed by atoms with van der Waals surface area (Å²) in [6.07, 6.45) is 0.834. The third-order valence-corrected chi connectivity index (χ3v) is 4.06. The number of nitrogens with one attached hydrogen (secondary N) is 3. The standard InChI is InChI=1S/C20H33N3O2/c1-7-17(16-11-9-15(3)10-12-16)21-18(24)13-23(8-2)14-19(25)22-20(4,5)6/h9-12,17H,7-8,13-14H2,1-6H3,(H,21,24)(H,22,25)/p+1/t17-/m0/s1. The SMILES string of the molecule is CC[C@H](NC(=O)C[NH+](CC)CC(=O)NC(C)(C)C)c1ccc(C)cc1. The molecule has 0 fully saturated rings. The van der Waals surface area contributed by atoms with E-state index in [1.54, 1.807) is 0 Å². The number of amides is 2. The van der Waals surface area contributed by atoms with Crippen molar-refractivity contribution in [2.75, 3.05) is 19.6 Å². The van der Waals surface area contributed by atoms with Gasteiger partial charge in [0.1, 0.15) is 0 Å². The molecule has 0 spiro atoms. The van der Waals surface area contributed by atoms with Gasteiger partial charge in [0.25, 0.3) is 11.8 Å². The van der Waals surface area contributed by atoms with E-state index in [1.165, 1.54) is 5.56 Å². The van der Waals surface area contributed by atoms with E-state index in [9.17, 15) is 9.59 Å². The van der Waals surface area contributed by atoms with Gasteiger partial charge in [-0.2, -0.15) is 0 Å². The maximum atomic E-state index is 12.4. The predicted molar refractivity (Wildman–Crippen MR) is 101 cm³/mol. The van der Waals surface area contributed by atoms with Crippen LogP contribution in [0, 0.1) is 6.92 Å². The Labute approximate surface area is 152 Å². The highest BCUT2D eigenvalue weighted by Crippen LogP contribution is 2.16. The van der Waals surface area contributed by atoms with Crippen molar-refractivity contribution < 1.29 is 14.5 Å². The van der Waals surface area contributed by atoms with Crippen LogP contribution in [0.5, 0.6) is 0 Å². The van der Waals surface area contributed by atoms with E-state index in [1.807, 2.05) is 27.7 Å². The number of aryl methyl sites for hydroxylation is 1. The summed E-state index contributed by atoms with van der Waals surface area (Å²) in [6, 6.07) is 8.25. The number of hydrogen-bond acceptors (Lipinski definition) is 2. The second-order valence-corrected chi connectivity index (χ2v) is 7.69. The molecule has 5 nitrogen and oxygen atoms in total. The topological polar surface area (TPSA) is 62.6 Å². The molecule has 0 heterocycles. The first-order chi connectivity index (χ1) is 11.6. The minimum atomic E-state index is -0.253. The molecule has 0 aliphatic carbocycles. The van der Waals surface area contributed by atoms with E-state index in [0.29, 0.717) is 13.1 Å². The molecule has 3 N–H and O–H groups in total. The predicted octanol–water partition coefficient (Wildman–Crippen LogP) is 1.38. The van der Waals surface area contributed by atoms with Gasteiger partial charge in [0, 0.05) is 5.54 Å². The van der Waals surface area contributed by atoms with Crippen LogP contribution in [0.3, 0.4) is 0 Å². The Bertz CT molecular complexity index is 561. The van der Waals surface area contributed by atoms with E-state index in [4.69, 9.17) is 0 Å². The third kappa shape index (κ3) is 8.16. The van der Waals surface area contributed by atoms with Crippen molar-refractivity contribution in [3.63, 3.8) is 0 Å². The number of likely N-dealkylation sites (N-methyl/N-ethyl adjacent to an activating group) is 1. The molecule has 1 rings (SSSR count). The highest BCUT2D eigenvalue weighted by atomic mass is 16.2. The lowest BCUT2D eigenvalue weighted by molar-refractivity contribution is -0.881. The van der Waals surface area contributed by atoms with Gasteiger partial charge in [0.15, 0.2) is 13.1 Å². The number of benzene rings is 1. The fourth-order valence-corrected chi connectivity index (χ4v) is 2.69. The molecule has 0 aromatic heterocycles. The van der Waals surface area contributed by atoms with Gasteiger partial charge in [-0.05, 0) is 46.6 Å². The first-order valence-electron chi connectivity index (χ1n) is 9.15. The molecular formula is C20H34N3O2+. The second kappa shape index (κ2) is 9.56. The van der Waals surface area contributed by atoms with Gasteiger partial charge in [-0.15, -0.1) is 0 Å². The van der Waals surface area contributed by atoms with Crippen molar-refractivity contribution in [2.45, 2.75) is 59.5 Å². The monoisotopic (exact) mass is 348 g/mol. The minimum Gasteiger partial charge on any atom is -0.347 e. The van der Waals surface area contributed by atoms with Crippen molar-refractivity contribution in [3.8, 4) is 0 Å². The molecule has 0 aliphatic heterocycles. The molecule has 140 valence electrons. The molecule has 25 heavy (non-hydrogen) atoms. The van der Waals surface area contributed by atoms with Crippen molar-refractivity contribution in [1.82, 2.24) is 10.6 Å². The second-order valence-electron chi connectivity index (χ2n) is 7.69. The Morgan fingerprint density at radius 2 is 1.60 bits per heavy atom. The number of rotatable bonds is 8. The van der Waals surface area contributed by atoms with E-state index in [0.717, 1.165) is 23.4 Å². The van der Waals surface area contributed by atoms with Crippen LogP contribution in [-0.2, 0) is 9.59 Å². The molecule has 1 unspecified atom stereocenters. The van der Waals surface area contributed by atoms with Crippen molar-refractivity contribution in [1.29, 1.82) is 0 Å². The van der Waals surface area contributed by atoms with Crippen molar-refractivity contribution in [2.24, 2.45) is 0 Å². The molecule has 0 bridgehead atoms. The summed E-state index contributed by atoms with van der Waals surface area (Å²) in [5.41, 5.74) is 2.07. The van der Waals surface area contributed by atoms with E-state index >= 15 is 0 Å². The summed E-state index contributed by atoms with van der Waals surface area (Å²) in [5, 5.41) is 6.05. The van der Waals surface area contributed by atoms with Gasteiger partial charge in [0.05, 0.1) is 12.6 Å². The molecule has 1 aromatic carbocycles. The summed E-state index contributed by atoms with van der Waals surface area (Å²) in [7, 11) is 0. The average Bonchev–Trinajstić information content (AvgIpc) is 2.51. The first kappa shape index (κ1) is 21.2. The molecule has 0 saturated carbocycles. The van der Waals surface area contributed by atoms with Crippen molar-refractivity contribution >= 4 is 11.8 Å². The first-order valence-corrected chi connectivity index (χ1v) is 9.15. The molecule has 1 aromatic rings. The van der Waals surface area contributed by atoms with Crippen LogP contribution < -0.4 is 15.5 Å². The van der Waals surface area contributed by atoms with Crippen LogP contribution in [0.2, 0.25) is 0 Å². The summed E-state index contributed by atoms with van der Waals surface area (Å²) in [4.78, 5) is 25.5. The number of carbonyl (C=O) groups is 2. The quantitative estimate of drug-likeness (QED) is 0.665. The lowest BCUT2D eigenvalue weighted by Gasteiger charge is -2.24. The maximum Gasteiger partial charge on any atom is 0.275 e. The molecule has 2 atom stereocenters. The zero-order chi connectivity index (χ0) is 19.0. The fourth-order valence-electron chi connectivity index (χ4n) is 2.69. The van der Waals surface area contributed by atoms with E-state index < -0.39 is 0 Å². The Hall–Kier alpha value is -1.88. The molecule has 0 aliphatic rings. The molecule has 0 saturated heterocycles. The normalized spacial score (nSPS) is 13.8. The summed E-state index contributed by atoms with van der Waals surface area (Å²) < 4.78 is 0. The van der Waals surface area contributed by atoms with Crippen LogP contribution in [-0.4, -0.2) is 37.0 Å². The van der Waals surface area contributed by atoms with Gasteiger partial charge in [0.2, 0.25) is 0 Å². The number of quaternary nitrogens is 1.